The van der Waals surface area contributed by atoms with E-state index in [0.717, 1.165) is 49.4 Å². The molecule has 3 saturated heterocycles. The maximum atomic E-state index is 13.5. The van der Waals surface area contributed by atoms with Gasteiger partial charge in [-0.3, -0.25) is 4.79 Å². The molecule has 3 aliphatic heterocycles. The zero-order chi connectivity index (χ0) is 24.9. The van der Waals surface area contributed by atoms with Crippen molar-refractivity contribution in [2.75, 3.05) is 58.0 Å². The van der Waals surface area contributed by atoms with Gasteiger partial charge in [-0.1, -0.05) is 30.3 Å². The van der Waals surface area contributed by atoms with Crippen molar-refractivity contribution in [3.63, 3.8) is 0 Å². The number of anilines is 1. The molecule has 9 nitrogen and oxygen atoms in total. The highest BCUT2D eigenvalue weighted by Gasteiger charge is 2.32. The summed E-state index contributed by atoms with van der Waals surface area (Å²) >= 11 is 0. The topological polar surface area (TPSA) is 89.1 Å². The maximum absolute atomic E-state index is 13.5. The molecule has 2 aromatic rings. The van der Waals surface area contributed by atoms with E-state index >= 15 is 0 Å². The highest BCUT2D eigenvalue weighted by atomic mass is 16.5. The fraction of sp³-hybridized carbons (Fsp3) is 0.593. The van der Waals surface area contributed by atoms with Crippen LogP contribution >= 0.6 is 0 Å². The van der Waals surface area contributed by atoms with Gasteiger partial charge < -0.3 is 29.3 Å². The van der Waals surface area contributed by atoms with Crippen molar-refractivity contribution >= 4 is 11.7 Å². The molecule has 36 heavy (non-hydrogen) atoms. The number of methoxy groups -OCH3 is 1. The number of nitrogens with one attached hydrogen (secondary N) is 1. The third-order valence-corrected chi connectivity index (χ3v) is 7.64. The minimum absolute atomic E-state index is 0.0108. The molecular weight excluding hydrogens is 458 g/mol. The third kappa shape index (κ3) is 5.54. The summed E-state index contributed by atoms with van der Waals surface area (Å²) in [6, 6.07) is 10.9. The van der Waals surface area contributed by atoms with Gasteiger partial charge in [0.1, 0.15) is 23.9 Å². The number of morpholine rings is 1. The molecule has 0 saturated carbocycles. The van der Waals surface area contributed by atoms with E-state index in [1.54, 1.807) is 7.11 Å². The molecule has 3 unspecified atom stereocenters. The molecule has 0 aliphatic carbocycles. The quantitative estimate of drug-likeness (QED) is 0.654. The summed E-state index contributed by atoms with van der Waals surface area (Å²) < 4.78 is 17.2. The zero-order valence-electron chi connectivity index (χ0n) is 21.3. The lowest BCUT2D eigenvalue weighted by molar-refractivity contribution is -0.0533. The average Bonchev–Trinajstić information content (AvgIpc) is 2.94. The lowest BCUT2D eigenvalue weighted by Crippen LogP contribution is -2.54. The second kappa shape index (κ2) is 11.6. The van der Waals surface area contributed by atoms with Gasteiger partial charge in [-0.2, -0.15) is 0 Å². The van der Waals surface area contributed by atoms with Crippen LogP contribution in [-0.2, 0) is 14.2 Å². The Morgan fingerprint density at radius 3 is 2.67 bits per heavy atom. The van der Waals surface area contributed by atoms with Crippen LogP contribution in [0.4, 0.5) is 5.82 Å². The van der Waals surface area contributed by atoms with Crippen LogP contribution in [0.2, 0.25) is 0 Å². The molecule has 0 radical (unpaired) electrons. The summed E-state index contributed by atoms with van der Waals surface area (Å²) in [6.07, 6.45) is 4.37. The van der Waals surface area contributed by atoms with E-state index in [9.17, 15) is 4.79 Å². The number of ether oxygens (including phenoxy) is 3. The predicted molar refractivity (Wildman–Crippen MR) is 136 cm³/mol. The number of hydrogen-bond donors (Lipinski definition) is 1. The SMILES string of the molecule is COC1COCCC1NC1CCN(C(=O)c2ncnc(N3CCOC(c4ccccc4)C3)c2C)CC1. The molecule has 9 heteroatoms. The number of carbonyl (C=O) groups excluding carboxylic acids is 1. The van der Waals surface area contributed by atoms with Crippen molar-refractivity contribution in [1.29, 1.82) is 0 Å². The first-order chi connectivity index (χ1) is 17.6. The minimum atomic E-state index is -0.0200. The normalized spacial score (nSPS) is 25.7. The van der Waals surface area contributed by atoms with Gasteiger partial charge in [-0.05, 0) is 31.7 Å². The molecule has 3 aliphatic rings. The van der Waals surface area contributed by atoms with E-state index in [4.69, 9.17) is 14.2 Å². The molecule has 194 valence electrons. The summed E-state index contributed by atoms with van der Waals surface area (Å²) in [5.41, 5.74) is 2.49. The van der Waals surface area contributed by atoms with Crippen LogP contribution in [0.1, 0.15) is 47.0 Å². The Labute approximate surface area is 213 Å². The Kier molecular flexibility index (Phi) is 8.11. The second-order valence-electron chi connectivity index (χ2n) is 9.86. The number of amides is 1. The summed E-state index contributed by atoms with van der Waals surface area (Å²) in [5, 5.41) is 3.75. The molecule has 5 rings (SSSR count). The maximum Gasteiger partial charge on any atom is 0.272 e. The predicted octanol–water partition coefficient (Wildman–Crippen LogP) is 2.36. The highest BCUT2D eigenvalue weighted by molar-refractivity contribution is 5.94. The standard InChI is InChI=1S/C27H37N5O4/c1-19-25(27(33)31-11-8-21(9-12-31)30-22-10-14-35-17-24(22)34-2)28-18-29-26(19)32-13-15-36-23(16-32)20-6-4-3-5-7-20/h3-7,18,21-24,30H,8-17H2,1-2H3. The molecule has 0 spiro atoms. The third-order valence-electron chi connectivity index (χ3n) is 7.64. The van der Waals surface area contributed by atoms with Gasteiger partial charge in [0.05, 0.1) is 19.3 Å². The Hall–Kier alpha value is -2.59. The van der Waals surface area contributed by atoms with E-state index < -0.39 is 0 Å². The molecule has 0 bridgehead atoms. The monoisotopic (exact) mass is 495 g/mol. The van der Waals surface area contributed by atoms with Crippen LogP contribution in [0.15, 0.2) is 36.7 Å². The Balaban J connectivity index is 1.21. The fourth-order valence-corrected chi connectivity index (χ4v) is 5.52. The molecule has 4 heterocycles. The number of likely N-dealkylation sites (tertiary alicyclic amines) is 1. The Bertz CT molecular complexity index is 1010. The van der Waals surface area contributed by atoms with Crippen LogP contribution < -0.4 is 10.2 Å². The summed E-state index contributed by atoms with van der Waals surface area (Å²) in [4.78, 5) is 26.6. The summed E-state index contributed by atoms with van der Waals surface area (Å²) in [6.45, 7) is 6.83. The van der Waals surface area contributed by atoms with Crippen LogP contribution in [0.25, 0.3) is 0 Å². The molecule has 3 fully saturated rings. The van der Waals surface area contributed by atoms with Crippen LogP contribution in [0, 0.1) is 6.92 Å². The summed E-state index contributed by atoms with van der Waals surface area (Å²) in [5.74, 6) is 0.808. The van der Waals surface area contributed by atoms with Crippen molar-refractivity contribution in [2.24, 2.45) is 0 Å². The number of piperidine rings is 1. The van der Waals surface area contributed by atoms with E-state index in [0.29, 0.717) is 50.6 Å². The van der Waals surface area contributed by atoms with Crippen molar-refractivity contribution in [3.05, 3.63) is 53.5 Å². The van der Waals surface area contributed by atoms with Gasteiger partial charge in [-0.25, -0.2) is 9.97 Å². The lowest BCUT2D eigenvalue weighted by atomic mass is 9.99. The van der Waals surface area contributed by atoms with Crippen molar-refractivity contribution in [3.8, 4) is 0 Å². The zero-order valence-corrected chi connectivity index (χ0v) is 21.3. The number of rotatable bonds is 6. The van der Waals surface area contributed by atoms with Gasteiger partial charge in [-0.15, -0.1) is 0 Å². The number of hydrogen-bond acceptors (Lipinski definition) is 8. The van der Waals surface area contributed by atoms with E-state index in [1.165, 1.54) is 6.33 Å². The van der Waals surface area contributed by atoms with E-state index in [1.807, 2.05) is 30.0 Å². The van der Waals surface area contributed by atoms with Gasteiger partial charge in [0.15, 0.2) is 0 Å². The molecule has 3 atom stereocenters. The van der Waals surface area contributed by atoms with E-state index in [-0.39, 0.29) is 18.1 Å². The first kappa shape index (κ1) is 25.1. The Morgan fingerprint density at radius 1 is 1.08 bits per heavy atom. The van der Waals surface area contributed by atoms with Crippen molar-refractivity contribution in [2.45, 2.75) is 50.5 Å². The van der Waals surface area contributed by atoms with Gasteiger partial charge in [0.2, 0.25) is 0 Å². The molecule has 1 aromatic carbocycles. The lowest BCUT2D eigenvalue weighted by Gasteiger charge is -2.38. The second-order valence-corrected chi connectivity index (χ2v) is 9.86. The largest absolute Gasteiger partial charge is 0.379 e. The molecule has 1 N–H and O–H groups in total. The minimum Gasteiger partial charge on any atom is -0.379 e. The highest BCUT2D eigenvalue weighted by Crippen LogP contribution is 2.28. The fourth-order valence-electron chi connectivity index (χ4n) is 5.52. The van der Waals surface area contributed by atoms with Crippen molar-refractivity contribution in [1.82, 2.24) is 20.2 Å². The summed E-state index contributed by atoms with van der Waals surface area (Å²) in [7, 11) is 1.74. The van der Waals surface area contributed by atoms with Crippen LogP contribution in [0.3, 0.4) is 0 Å². The molecule has 1 amide bonds. The molecular formula is C27H37N5O4. The first-order valence-corrected chi connectivity index (χ1v) is 13.0. The number of aromatic nitrogens is 2. The first-order valence-electron chi connectivity index (χ1n) is 13.0. The number of carbonyl (C=O) groups is 1. The average molecular weight is 496 g/mol. The van der Waals surface area contributed by atoms with Gasteiger partial charge in [0.25, 0.3) is 5.91 Å². The van der Waals surface area contributed by atoms with Gasteiger partial charge >= 0.3 is 0 Å². The molecule has 1 aromatic heterocycles. The number of benzene rings is 1. The van der Waals surface area contributed by atoms with Crippen molar-refractivity contribution < 1.29 is 19.0 Å². The smallest absolute Gasteiger partial charge is 0.272 e. The van der Waals surface area contributed by atoms with E-state index in [2.05, 4.69) is 32.3 Å². The Morgan fingerprint density at radius 2 is 1.89 bits per heavy atom. The number of nitrogens with zero attached hydrogens (tertiary/aromatic N) is 4. The van der Waals surface area contributed by atoms with Gasteiger partial charge in [0, 0.05) is 57.5 Å². The van der Waals surface area contributed by atoms with Crippen LogP contribution in [0.5, 0.6) is 0 Å². The van der Waals surface area contributed by atoms with Crippen LogP contribution in [-0.4, -0.2) is 92.1 Å².